The first-order chi connectivity index (χ1) is 13.8. The molecule has 2 amide bonds. The molecule has 1 N–H and O–H groups in total. The van der Waals surface area contributed by atoms with Gasteiger partial charge in [0.2, 0.25) is 5.91 Å². The van der Waals surface area contributed by atoms with E-state index >= 15 is 0 Å². The molecular formula is C20H28FN3O5. The zero-order valence-electron chi connectivity index (χ0n) is 17.3. The van der Waals surface area contributed by atoms with Crippen LogP contribution in [-0.4, -0.2) is 63.3 Å². The molecule has 0 radical (unpaired) electrons. The maximum Gasteiger partial charge on any atom is 0.416 e. The number of cyclic esters (lactones) is 1. The largest absolute Gasteiger partial charge is 0.423 e. The van der Waals surface area contributed by atoms with Gasteiger partial charge in [0.25, 0.3) is 0 Å². The van der Waals surface area contributed by atoms with Crippen LogP contribution >= 0.6 is 0 Å². The number of carbonyl (C=O) groups excluding carboxylic acids is 2. The fourth-order valence-electron chi connectivity index (χ4n) is 3.90. The molecular weight excluding hydrogens is 381 g/mol. The maximum atomic E-state index is 15.0. The third kappa shape index (κ3) is 4.22. The summed E-state index contributed by atoms with van der Waals surface area (Å²) >= 11 is 0. The van der Waals surface area contributed by atoms with Crippen LogP contribution in [0, 0.1) is 11.7 Å². The Hall–Kier alpha value is -2.23. The van der Waals surface area contributed by atoms with Crippen LogP contribution in [0.4, 0.5) is 14.9 Å². The fourth-order valence-corrected chi connectivity index (χ4v) is 3.90. The van der Waals surface area contributed by atoms with Crippen molar-refractivity contribution in [3.05, 3.63) is 29.6 Å². The van der Waals surface area contributed by atoms with Crippen LogP contribution in [0.5, 0.6) is 0 Å². The van der Waals surface area contributed by atoms with Crippen molar-refractivity contribution in [2.75, 3.05) is 32.7 Å². The second kappa shape index (κ2) is 8.64. The molecule has 29 heavy (non-hydrogen) atoms. The minimum atomic E-state index is -0.700. The molecule has 8 nitrogen and oxygen atoms in total. The van der Waals surface area contributed by atoms with E-state index in [4.69, 9.17) is 14.2 Å². The lowest BCUT2D eigenvalue weighted by molar-refractivity contribution is -0.134. The van der Waals surface area contributed by atoms with Crippen LogP contribution < -0.4 is 10.2 Å². The molecule has 2 aliphatic rings. The van der Waals surface area contributed by atoms with Crippen molar-refractivity contribution >= 4 is 17.7 Å². The van der Waals surface area contributed by atoms with Gasteiger partial charge in [0.1, 0.15) is 12.0 Å². The summed E-state index contributed by atoms with van der Waals surface area (Å²) < 4.78 is 31.3. The van der Waals surface area contributed by atoms with Gasteiger partial charge in [-0.15, -0.1) is 0 Å². The second-order valence-corrected chi connectivity index (χ2v) is 7.53. The zero-order chi connectivity index (χ0) is 21.3. The van der Waals surface area contributed by atoms with Crippen molar-refractivity contribution in [2.45, 2.75) is 44.9 Å². The third-order valence-electron chi connectivity index (χ3n) is 5.85. The second-order valence-electron chi connectivity index (χ2n) is 7.53. The van der Waals surface area contributed by atoms with E-state index in [9.17, 15) is 14.0 Å². The van der Waals surface area contributed by atoms with E-state index in [1.807, 2.05) is 6.92 Å². The molecule has 0 saturated carbocycles. The minimum absolute atomic E-state index is 0.0679. The lowest BCUT2D eigenvalue weighted by Gasteiger charge is -2.40. The predicted octanol–water partition coefficient (Wildman–Crippen LogP) is 2.24. The van der Waals surface area contributed by atoms with Gasteiger partial charge in [-0.05, 0) is 18.6 Å². The number of nitrogens with one attached hydrogen (secondary N) is 1. The van der Waals surface area contributed by atoms with E-state index < -0.39 is 18.1 Å². The van der Waals surface area contributed by atoms with Gasteiger partial charge >= 0.3 is 6.09 Å². The van der Waals surface area contributed by atoms with E-state index in [0.717, 1.165) is 0 Å². The van der Waals surface area contributed by atoms with Crippen molar-refractivity contribution in [3.63, 3.8) is 0 Å². The van der Waals surface area contributed by atoms with Crippen molar-refractivity contribution in [1.82, 2.24) is 10.2 Å². The molecule has 1 aromatic carbocycles. The summed E-state index contributed by atoms with van der Waals surface area (Å²) in [5.41, 5.74) is 0.862. The van der Waals surface area contributed by atoms with Gasteiger partial charge < -0.3 is 19.1 Å². The Morgan fingerprint density at radius 1 is 1.34 bits per heavy atom. The number of hydrogen-bond acceptors (Lipinski definition) is 6. The number of carbonyl (C=O) groups is 2. The van der Waals surface area contributed by atoms with Crippen LogP contribution in [0.3, 0.4) is 0 Å². The Balaban J connectivity index is 1.78. The van der Waals surface area contributed by atoms with Crippen molar-refractivity contribution in [3.8, 4) is 0 Å². The molecule has 2 heterocycles. The van der Waals surface area contributed by atoms with Crippen LogP contribution in [0.2, 0.25) is 0 Å². The van der Waals surface area contributed by atoms with Crippen molar-refractivity contribution in [1.29, 1.82) is 0 Å². The van der Waals surface area contributed by atoms with Crippen LogP contribution in [0.15, 0.2) is 18.2 Å². The lowest BCUT2D eigenvalue weighted by Crippen LogP contribution is -2.50. The van der Waals surface area contributed by atoms with Crippen molar-refractivity contribution in [2.24, 2.45) is 5.92 Å². The van der Waals surface area contributed by atoms with Gasteiger partial charge in [-0.3, -0.25) is 15.0 Å². The number of halogens is 1. The van der Waals surface area contributed by atoms with Gasteiger partial charge in [0.15, 0.2) is 6.23 Å². The maximum absolute atomic E-state index is 15.0. The van der Waals surface area contributed by atoms with Crippen LogP contribution in [-0.2, 0) is 19.0 Å². The number of nitrogens with zero attached hydrogens (tertiary/aromatic N) is 2. The van der Waals surface area contributed by atoms with E-state index in [1.54, 1.807) is 33.4 Å². The monoisotopic (exact) mass is 409 g/mol. The SMILES string of the molecule is COC1CC(c2ccc(N3C[C@@H](N(C)C(C)=O)OC3=O)cc2F)NC(OC)C1C. The van der Waals surface area contributed by atoms with Gasteiger partial charge in [-0.2, -0.15) is 0 Å². The summed E-state index contributed by atoms with van der Waals surface area (Å²) in [6.07, 6.45) is -1.03. The number of anilines is 1. The standard InChI is InChI=1S/C20H28FN3O5/c1-11-17(27-4)9-16(22-19(11)28-5)14-7-6-13(8-15(14)21)24-10-18(29-20(24)26)23(3)12(2)25/h6-8,11,16-19,22H,9-10H2,1-5H3/t11?,16?,17?,18-,19?/m0/s1. The minimum Gasteiger partial charge on any atom is -0.423 e. The molecule has 0 spiro atoms. The normalized spacial score (nSPS) is 29.7. The van der Waals surface area contributed by atoms with E-state index in [0.29, 0.717) is 17.7 Å². The average molecular weight is 409 g/mol. The fraction of sp³-hybridized carbons (Fsp3) is 0.600. The molecule has 2 fully saturated rings. The highest BCUT2D eigenvalue weighted by molar-refractivity contribution is 5.90. The Kier molecular flexibility index (Phi) is 6.40. The van der Waals surface area contributed by atoms with Gasteiger partial charge in [-0.25, -0.2) is 9.18 Å². The van der Waals surface area contributed by atoms with Gasteiger partial charge in [-0.1, -0.05) is 13.0 Å². The Morgan fingerprint density at radius 2 is 2.07 bits per heavy atom. The van der Waals surface area contributed by atoms with E-state index in [2.05, 4.69) is 5.32 Å². The summed E-state index contributed by atoms with van der Waals surface area (Å²) in [5.74, 6) is -0.530. The molecule has 160 valence electrons. The number of ether oxygens (including phenoxy) is 3. The van der Waals surface area contributed by atoms with Crippen LogP contribution in [0.1, 0.15) is 31.9 Å². The molecule has 0 aliphatic carbocycles. The topological polar surface area (TPSA) is 80.3 Å². The number of amides is 2. The average Bonchev–Trinajstić information content (AvgIpc) is 3.09. The lowest BCUT2D eigenvalue weighted by atomic mass is 9.87. The zero-order valence-corrected chi connectivity index (χ0v) is 17.3. The first kappa shape index (κ1) is 21.5. The van der Waals surface area contributed by atoms with Crippen LogP contribution in [0.25, 0.3) is 0 Å². The smallest absolute Gasteiger partial charge is 0.416 e. The molecule has 9 heteroatoms. The molecule has 0 aromatic heterocycles. The third-order valence-corrected chi connectivity index (χ3v) is 5.85. The Labute approximate surface area is 169 Å². The van der Waals surface area contributed by atoms with E-state index in [1.165, 1.54) is 22.8 Å². The number of benzene rings is 1. The molecule has 4 unspecified atom stereocenters. The summed E-state index contributed by atoms with van der Waals surface area (Å²) in [7, 11) is 4.81. The molecule has 0 bridgehead atoms. The molecule has 5 atom stereocenters. The first-order valence-corrected chi connectivity index (χ1v) is 9.59. The highest BCUT2D eigenvalue weighted by atomic mass is 19.1. The highest BCUT2D eigenvalue weighted by Gasteiger charge is 2.38. The summed E-state index contributed by atoms with van der Waals surface area (Å²) in [6, 6.07) is 4.37. The number of rotatable bonds is 5. The summed E-state index contributed by atoms with van der Waals surface area (Å²) in [4.78, 5) is 26.4. The quantitative estimate of drug-likeness (QED) is 0.804. The first-order valence-electron chi connectivity index (χ1n) is 9.59. The molecule has 2 saturated heterocycles. The van der Waals surface area contributed by atoms with Gasteiger partial charge in [0.05, 0.1) is 18.3 Å². The number of methoxy groups -OCH3 is 2. The Bertz CT molecular complexity index is 762. The Morgan fingerprint density at radius 3 is 2.66 bits per heavy atom. The number of piperidine rings is 1. The number of likely N-dealkylation sites (N-methyl/N-ethyl adjacent to an activating group) is 1. The predicted molar refractivity (Wildman–Crippen MR) is 104 cm³/mol. The molecule has 2 aliphatic heterocycles. The molecule has 1 aromatic rings. The molecule has 3 rings (SSSR count). The van der Waals surface area contributed by atoms with E-state index in [-0.39, 0.29) is 36.7 Å². The summed E-state index contributed by atoms with van der Waals surface area (Å²) in [6.45, 7) is 3.56. The van der Waals surface area contributed by atoms with Gasteiger partial charge in [0, 0.05) is 45.7 Å². The highest BCUT2D eigenvalue weighted by Crippen LogP contribution is 2.34. The van der Waals surface area contributed by atoms with Crippen molar-refractivity contribution < 1.29 is 28.2 Å². The summed E-state index contributed by atoms with van der Waals surface area (Å²) in [5, 5.41) is 3.31. The number of hydrogen-bond donors (Lipinski definition) is 1.